The van der Waals surface area contributed by atoms with Crippen LogP contribution in [0.3, 0.4) is 0 Å². The molecule has 0 unspecified atom stereocenters. The first-order chi connectivity index (χ1) is 4.79. The highest BCUT2D eigenvalue weighted by atomic mass is 16.5. The fourth-order valence-corrected chi connectivity index (χ4v) is 0.525. The lowest BCUT2D eigenvalue weighted by Crippen LogP contribution is -2.04. The lowest BCUT2D eigenvalue weighted by Gasteiger charge is -2.03. The molecule has 0 atom stereocenters. The summed E-state index contributed by atoms with van der Waals surface area (Å²) in [5.74, 6) is 1.09. The van der Waals surface area contributed by atoms with Gasteiger partial charge in [-0.2, -0.15) is 4.98 Å². The van der Waals surface area contributed by atoms with Crippen LogP contribution in [0.15, 0.2) is 17.1 Å². The first-order valence-electron chi connectivity index (χ1n) is 3.30. The molecule has 3 nitrogen and oxygen atoms in total. The van der Waals surface area contributed by atoms with Gasteiger partial charge in [-0.15, -0.1) is 0 Å². The second-order valence-corrected chi connectivity index (χ2v) is 2.53. The van der Waals surface area contributed by atoms with Gasteiger partial charge >= 0.3 is 0 Å². The van der Waals surface area contributed by atoms with E-state index in [1.54, 1.807) is 0 Å². The minimum atomic E-state index is 0.525. The van der Waals surface area contributed by atoms with E-state index < -0.39 is 0 Å². The molecule has 0 aliphatic rings. The van der Waals surface area contributed by atoms with Gasteiger partial charge in [-0.3, -0.25) is 0 Å². The van der Waals surface area contributed by atoms with Crippen molar-refractivity contribution in [2.75, 3.05) is 6.61 Å². The maximum atomic E-state index is 5.20. The van der Waals surface area contributed by atoms with E-state index in [0.717, 1.165) is 0 Å². The lowest BCUT2D eigenvalue weighted by molar-refractivity contribution is 0.261. The van der Waals surface area contributed by atoms with Crippen LogP contribution in [-0.2, 0) is 0 Å². The predicted octanol–water partition coefficient (Wildman–Crippen LogP) is 1.71. The standard InChI is InChI=1S/C7H11NO2/c1-6(2)3-10-7-4-9-5-8-7/h4-6H,3H2,1-2H3. The fourth-order valence-electron chi connectivity index (χ4n) is 0.525. The Morgan fingerprint density at radius 3 is 3.00 bits per heavy atom. The van der Waals surface area contributed by atoms with Crippen LogP contribution in [-0.4, -0.2) is 11.6 Å². The number of ether oxygens (including phenoxy) is 1. The van der Waals surface area contributed by atoms with Gasteiger partial charge in [-0.1, -0.05) is 13.8 Å². The highest BCUT2D eigenvalue weighted by Crippen LogP contribution is 2.05. The Kier molecular flexibility index (Phi) is 2.31. The smallest absolute Gasteiger partial charge is 0.252 e. The number of aromatic nitrogens is 1. The number of oxazole rings is 1. The quantitative estimate of drug-likeness (QED) is 0.642. The zero-order valence-corrected chi connectivity index (χ0v) is 6.20. The van der Waals surface area contributed by atoms with Gasteiger partial charge in [-0.25, -0.2) is 0 Å². The third-order valence-electron chi connectivity index (χ3n) is 0.974. The summed E-state index contributed by atoms with van der Waals surface area (Å²) in [5.41, 5.74) is 0. The van der Waals surface area contributed by atoms with Crippen molar-refractivity contribution in [2.45, 2.75) is 13.8 Å². The molecule has 0 fully saturated rings. The first kappa shape index (κ1) is 7.12. The number of hydrogen-bond acceptors (Lipinski definition) is 3. The van der Waals surface area contributed by atoms with Crippen LogP contribution in [0.5, 0.6) is 5.88 Å². The summed E-state index contributed by atoms with van der Waals surface area (Å²) in [6.07, 6.45) is 2.85. The van der Waals surface area contributed by atoms with E-state index in [1.807, 2.05) is 0 Å². The number of nitrogens with zero attached hydrogens (tertiary/aromatic N) is 1. The summed E-state index contributed by atoms with van der Waals surface area (Å²) in [4.78, 5) is 3.80. The molecule has 0 bridgehead atoms. The third-order valence-corrected chi connectivity index (χ3v) is 0.974. The third kappa shape index (κ3) is 2.09. The van der Waals surface area contributed by atoms with Crippen molar-refractivity contribution >= 4 is 0 Å². The van der Waals surface area contributed by atoms with Gasteiger partial charge in [0.2, 0.25) is 0 Å². The average molecular weight is 141 g/mol. The van der Waals surface area contributed by atoms with Crippen LogP contribution in [0.4, 0.5) is 0 Å². The van der Waals surface area contributed by atoms with E-state index in [4.69, 9.17) is 9.15 Å². The normalized spacial score (nSPS) is 10.3. The molecule has 0 saturated carbocycles. The van der Waals surface area contributed by atoms with Gasteiger partial charge < -0.3 is 9.15 Å². The number of hydrogen-bond donors (Lipinski definition) is 0. The molecule has 1 aromatic rings. The molecular weight excluding hydrogens is 130 g/mol. The highest BCUT2D eigenvalue weighted by molar-refractivity contribution is 4.97. The largest absolute Gasteiger partial charge is 0.475 e. The molecule has 0 aliphatic carbocycles. The molecule has 0 amide bonds. The topological polar surface area (TPSA) is 35.3 Å². The zero-order valence-electron chi connectivity index (χ0n) is 6.20. The molecule has 0 spiro atoms. The molecule has 1 rings (SSSR count). The monoisotopic (exact) mass is 141 g/mol. The van der Waals surface area contributed by atoms with Crippen molar-refractivity contribution in [1.82, 2.24) is 4.98 Å². The van der Waals surface area contributed by atoms with Crippen LogP contribution in [0.1, 0.15) is 13.8 Å². The van der Waals surface area contributed by atoms with Gasteiger partial charge in [-0.05, 0) is 5.92 Å². The van der Waals surface area contributed by atoms with Gasteiger partial charge in [0.05, 0.1) is 6.61 Å². The minimum Gasteiger partial charge on any atom is -0.475 e. The SMILES string of the molecule is CC(C)COc1cocn1. The van der Waals surface area contributed by atoms with Crippen LogP contribution < -0.4 is 4.74 Å². The molecular formula is C7H11NO2. The van der Waals surface area contributed by atoms with Gasteiger partial charge in [0.25, 0.3) is 5.88 Å². The molecule has 10 heavy (non-hydrogen) atoms. The van der Waals surface area contributed by atoms with Crippen LogP contribution >= 0.6 is 0 Å². The Hall–Kier alpha value is -0.990. The van der Waals surface area contributed by atoms with E-state index in [9.17, 15) is 0 Å². The minimum absolute atomic E-state index is 0.525. The molecule has 3 heteroatoms. The average Bonchev–Trinajstić information content (AvgIpc) is 2.34. The lowest BCUT2D eigenvalue weighted by atomic mass is 10.2. The molecule has 0 aromatic carbocycles. The second-order valence-electron chi connectivity index (χ2n) is 2.53. The van der Waals surface area contributed by atoms with Crippen molar-refractivity contribution in [1.29, 1.82) is 0 Å². The van der Waals surface area contributed by atoms with E-state index in [1.165, 1.54) is 12.7 Å². The maximum absolute atomic E-state index is 5.20. The van der Waals surface area contributed by atoms with Crippen molar-refractivity contribution in [3.05, 3.63) is 12.7 Å². The van der Waals surface area contributed by atoms with Crippen molar-refractivity contribution in [3.8, 4) is 5.88 Å². The van der Waals surface area contributed by atoms with Crippen LogP contribution in [0.25, 0.3) is 0 Å². The summed E-state index contributed by atoms with van der Waals surface area (Å²) in [6.45, 7) is 4.85. The summed E-state index contributed by atoms with van der Waals surface area (Å²) in [6, 6.07) is 0. The van der Waals surface area contributed by atoms with Crippen molar-refractivity contribution in [2.24, 2.45) is 5.92 Å². The summed E-state index contributed by atoms with van der Waals surface area (Å²) in [5, 5.41) is 0. The summed E-state index contributed by atoms with van der Waals surface area (Å²) < 4.78 is 9.91. The molecule has 0 N–H and O–H groups in total. The second kappa shape index (κ2) is 3.25. The van der Waals surface area contributed by atoms with Gasteiger partial charge in [0.15, 0.2) is 12.7 Å². The summed E-state index contributed by atoms with van der Waals surface area (Å²) in [7, 11) is 0. The Bertz CT molecular complexity index is 170. The molecule has 0 saturated heterocycles. The number of rotatable bonds is 3. The Morgan fingerprint density at radius 1 is 1.70 bits per heavy atom. The molecule has 0 radical (unpaired) electrons. The van der Waals surface area contributed by atoms with Crippen LogP contribution in [0.2, 0.25) is 0 Å². The molecule has 0 aliphatic heterocycles. The van der Waals surface area contributed by atoms with Gasteiger partial charge in [0.1, 0.15) is 0 Å². The Labute approximate surface area is 60.0 Å². The van der Waals surface area contributed by atoms with E-state index in [2.05, 4.69) is 18.8 Å². The molecule has 1 aromatic heterocycles. The fraction of sp³-hybridized carbons (Fsp3) is 0.571. The van der Waals surface area contributed by atoms with E-state index >= 15 is 0 Å². The Morgan fingerprint density at radius 2 is 2.50 bits per heavy atom. The molecule has 1 heterocycles. The van der Waals surface area contributed by atoms with E-state index in [0.29, 0.717) is 18.4 Å². The first-order valence-corrected chi connectivity index (χ1v) is 3.30. The van der Waals surface area contributed by atoms with Crippen molar-refractivity contribution in [3.63, 3.8) is 0 Å². The zero-order chi connectivity index (χ0) is 7.40. The summed E-state index contributed by atoms with van der Waals surface area (Å²) >= 11 is 0. The highest BCUT2D eigenvalue weighted by Gasteiger charge is 1.97. The van der Waals surface area contributed by atoms with Gasteiger partial charge in [0, 0.05) is 0 Å². The predicted molar refractivity (Wildman–Crippen MR) is 36.8 cm³/mol. The maximum Gasteiger partial charge on any atom is 0.252 e. The Balaban J connectivity index is 2.28. The van der Waals surface area contributed by atoms with Crippen LogP contribution in [0, 0.1) is 5.92 Å². The molecule has 56 valence electrons. The van der Waals surface area contributed by atoms with Crippen molar-refractivity contribution < 1.29 is 9.15 Å². The van der Waals surface area contributed by atoms with E-state index in [-0.39, 0.29) is 0 Å².